The van der Waals surface area contributed by atoms with E-state index >= 15 is 0 Å². The summed E-state index contributed by atoms with van der Waals surface area (Å²) < 4.78 is 0. The van der Waals surface area contributed by atoms with Gasteiger partial charge in [0.1, 0.15) is 0 Å². The number of hydrogen-bond donors (Lipinski definition) is 1. The van der Waals surface area contributed by atoms with Crippen LogP contribution in [0.4, 0.5) is 4.79 Å². The normalized spacial score (nSPS) is 30.6. The molecule has 2 aliphatic rings. The van der Waals surface area contributed by atoms with Crippen LogP contribution in [0.2, 0.25) is 0 Å². The summed E-state index contributed by atoms with van der Waals surface area (Å²) in [4.78, 5) is 16.7. The Hall–Kier alpha value is -0.770. The number of amides is 2. The average molecular weight is 295 g/mol. The average Bonchev–Trinajstić information content (AvgIpc) is 2.84. The topological polar surface area (TPSA) is 35.6 Å². The van der Waals surface area contributed by atoms with Gasteiger partial charge in [0.2, 0.25) is 0 Å². The van der Waals surface area contributed by atoms with Gasteiger partial charge in [-0.15, -0.1) is 0 Å². The molecule has 1 heterocycles. The first-order valence-corrected chi connectivity index (χ1v) is 8.67. The molecule has 0 aromatic rings. The predicted octanol–water partition coefficient (Wildman–Crippen LogP) is 2.79. The zero-order valence-corrected chi connectivity index (χ0v) is 14.3. The maximum absolute atomic E-state index is 12.4. The SMILES string of the molecule is CC(C)[C@@H]1CCCC[C@H]1NC(=O)N(C)C[C@H]1CCN(C)C1. The van der Waals surface area contributed by atoms with Crippen LogP contribution in [0.1, 0.15) is 46.0 Å². The second kappa shape index (κ2) is 7.48. The van der Waals surface area contributed by atoms with Crippen molar-refractivity contribution in [3.63, 3.8) is 0 Å². The van der Waals surface area contributed by atoms with Gasteiger partial charge in [0.15, 0.2) is 0 Å². The number of rotatable bonds is 4. The third-order valence-corrected chi connectivity index (χ3v) is 5.35. The monoisotopic (exact) mass is 295 g/mol. The lowest BCUT2D eigenvalue weighted by Gasteiger charge is -2.36. The summed E-state index contributed by atoms with van der Waals surface area (Å²) in [6, 6.07) is 0.502. The van der Waals surface area contributed by atoms with E-state index in [1.54, 1.807) is 0 Å². The molecule has 2 rings (SSSR count). The molecule has 0 bridgehead atoms. The minimum Gasteiger partial charge on any atom is -0.335 e. The van der Waals surface area contributed by atoms with E-state index < -0.39 is 0 Å². The third kappa shape index (κ3) is 4.60. The summed E-state index contributed by atoms with van der Waals surface area (Å²) in [5.74, 6) is 1.94. The Labute approximate surface area is 130 Å². The van der Waals surface area contributed by atoms with E-state index in [2.05, 4.69) is 31.1 Å². The molecule has 1 saturated carbocycles. The van der Waals surface area contributed by atoms with Crippen LogP contribution in [-0.4, -0.2) is 55.6 Å². The second-order valence-electron chi connectivity index (χ2n) is 7.55. The molecule has 0 aromatic carbocycles. The number of urea groups is 1. The molecule has 1 N–H and O–H groups in total. The van der Waals surface area contributed by atoms with Crippen molar-refractivity contribution in [2.45, 2.75) is 52.0 Å². The van der Waals surface area contributed by atoms with Crippen molar-refractivity contribution in [1.29, 1.82) is 0 Å². The Morgan fingerprint density at radius 2 is 2.00 bits per heavy atom. The molecule has 0 radical (unpaired) electrons. The van der Waals surface area contributed by atoms with Gasteiger partial charge in [-0.2, -0.15) is 0 Å². The molecule has 4 nitrogen and oxygen atoms in total. The van der Waals surface area contributed by atoms with Crippen molar-refractivity contribution in [2.24, 2.45) is 17.8 Å². The fraction of sp³-hybridized carbons (Fsp3) is 0.941. The van der Waals surface area contributed by atoms with Gasteiger partial charge in [-0.3, -0.25) is 0 Å². The van der Waals surface area contributed by atoms with Crippen molar-refractivity contribution < 1.29 is 4.79 Å². The van der Waals surface area contributed by atoms with Gasteiger partial charge in [-0.25, -0.2) is 4.79 Å². The number of nitrogens with one attached hydrogen (secondary N) is 1. The van der Waals surface area contributed by atoms with Crippen LogP contribution in [0.5, 0.6) is 0 Å². The minimum atomic E-state index is 0.127. The molecule has 4 heteroatoms. The molecule has 1 saturated heterocycles. The molecular formula is C17H33N3O. The molecule has 2 amide bonds. The highest BCUT2D eigenvalue weighted by atomic mass is 16.2. The van der Waals surface area contributed by atoms with Crippen molar-refractivity contribution in [1.82, 2.24) is 15.1 Å². The third-order valence-electron chi connectivity index (χ3n) is 5.35. The molecular weight excluding hydrogens is 262 g/mol. The Balaban J connectivity index is 1.81. The maximum atomic E-state index is 12.4. The highest BCUT2D eigenvalue weighted by molar-refractivity contribution is 5.74. The van der Waals surface area contributed by atoms with Crippen LogP contribution >= 0.6 is 0 Å². The van der Waals surface area contributed by atoms with E-state index in [0.717, 1.165) is 26.1 Å². The molecule has 3 atom stereocenters. The van der Waals surface area contributed by atoms with Gasteiger partial charge in [-0.05, 0) is 50.6 Å². The summed E-state index contributed by atoms with van der Waals surface area (Å²) in [7, 11) is 4.11. The van der Waals surface area contributed by atoms with Crippen LogP contribution < -0.4 is 5.32 Å². The number of hydrogen-bond acceptors (Lipinski definition) is 2. The minimum absolute atomic E-state index is 0.127. The van der Waals surface area contributed by atoms with E-state index in [-0.39, 0.29) is 6.03 Å². The maximum Gasteiger partial charge on any atom is 0.317 e. The Morgan fingerprint density at radius 3 is 2.62 bits per heavy atom. The zero-order chi connectivity index (χ0) is 15.4. The van der Waals surface area contributed by atoms with Crippen LogP contribution in [0.3, 0.4) is 0 Å². The number of likely N-dealkylation sites (tertiary alicyclic amines) is 1. The number of carbonyl (C=O) groups is 1. The quantitative estimate of drug-likeness (QED) is 0.865. The summed E-state index contributed by atoms with van der Waals surface area (Å²) in [5.41, 5.74) is 0. The summed E-state index contributed by atoms with van der Waals surface area (Å²) in [6.07, 6.45) is 6.20. The molecule has 21 heavy (non-hydrogen) atoms. The van der Waals surface area contributed by atoms with Gasteiger partial charge in [-0.1, -0.05) is 26.7 Å². The zero-order valence-electron chi connectivity index (χ0n) is 14.3. The summed E-state index contributed by atoms with van der Waals surface area (Å²) in [5, 5.41) is 3.31. The predicted molar refractivity (Wildman–Crippen MR) is 87.3 cm³/mol. The molecule has 0 aromatic heterocycles. The van der Waals surface area contributed by atoms with Crippen LogP contribution in [0.25, 0.3) is 0 Å². The molecule has 1 aliphatic carbocycles. The van der Waals surface area contributed by atoms with Crippen molar-refractivity contribution in [3.05, 3.63) is 0 Å². The second-order valence-corrected chi connectivity index (χ2v) is 7.55. The van der Waals surface area contributed by atoms with Gasteiger partial charge in [0.25, 0.3) is 0 Å². The highest BCUT2D eigenvalue weighted by Gasteiger charge is 2.30. The first-order valence-electron chi connectivity index (χ1n) is 8.67. The lowest BCUT2D eigenvalue weighted by molar-refractivity contribution is 0.169. The highest BCUT2D eigenvalue weighted by Crippen LogP contribution is 2.30. The first-order chi connectivity index (χ1) is 9.97. The first kappa shape index (κ1) is 16.6. The Kier molecular flexibility index (Phi) is 5.91. The van der Waals surface area contributed by atoms with Gasteiger partial charge in [0.05, 0.1) is 0 Å². The fourth-order valence-electron chi connectivity index (χ4n) is 4.05. The number of nitrogens with zero attached hydrogens (tertiary/aromatic N) is 2. The van der Waals surface area contributed by atoms with E-state index in [1.807, 2.05) is 11.9 Å². The van der Waals surface area contributed by atoms with E-state index in [1.165, 1.54) is 25.7 Å². The van der Waals surface area contributed by atoms with Gasteiger partial charge in [0, 0.05) is 26.2 Å². The van der Waals surface area contributed by atoms with E-state index in [0.29, 0.717) is 23.8 Å². The molecule has 2 fully saturated rings. The summed E-state index contributed by atoms with van der Waals surface area (Å²) in [6.45, 7) is 7.74. The van der Waals surface area contributed by atoms with Crippen LogP contribution in [0, 0.1) is 17.8 Å². The lowest BCUT2D eigenvalue weighted by atomic mass is 9.78. The molecule has 0 spiro atoms. The van der Waals surface area contributed by atoms with Crippen molar-refractivity contribution in [2.75, 3.05) is 33.7 Å². The van der Waals surface area contributed by atoms with Crippen molar-refractivity contribution >= 4 is 6.03 Å². The Morgan fingerprint density at radius 1 is 1.29 bits per heavy atom. The smallest absolute Gasteiger partial charge is 0.317 e. The van der Waals surface area contributed by atoms with E-state index in [9.17, 15) is 4.79 Å². The largest absolute Gasteiger partial charge is 0.335 e. The fourth-order valence-corrected chi connectivity index (χ4v) is 4.05. The molecule has 1 aliphatic heterocycles. The lowest BCUT2D eigenvalue weighted by Crippen LogP contribution is -2.49. The van der Waals surface area contributed by atoms with Crippen molar-refractivity contribution in [3.8, 4) is 0 Å². The molecule has 122 valence electrons. The summed E-state index contributed by atoms with van der Waals surface area (Å²) >= 11 is 0. The van der Waals surface area contributed by atoms with Crippen LogP contribution in [-0.2, 0) is 0 Å². The molecule has 0 unspecified atom stereocenters. The van der Waals surface area contributed by atoms with E-state index in [4.69, 9.17) is 0 Å². The standard InChI is InChI=1S/C17H33N3O/c1-13(2)15-7-5-6-8-16(15)18-17(21)20(4)12-14-9-10-19(3)11-14/h13-16H,5-12H2,1-4H3,(H,18,21)/t14-,15-,16+/m0/s1. The van der Waals surface area contributed by atoms with Gasteiger partial charge < -0.3 is 15.1 Å². The van der Waals surface area contributed by atoms with Gasteiger partial charge >= 0.3 is 6.03 Å². The Bertz CT molecular complexity index is 345. The number of carbonyl (C=O) groups excluding carboxylic acids is 1. The van der Waals surface area contributed by atoms with Crippen LogP contribution in [0.15, 0.2) is 0 Å².